The zero-order valence-corrected chi connectivity index (χ0v) is 12.4. The molecule has 7 nitrogen and oxygen atoms in total. The molecule has 1 amide bonds. The molecule has 2 aliphatic heterocycles. The average molecular weight is 331 g/mol. The van der Waals surface area contributed by atoms with Crippen LogP contribution in [0.1, 0.15) is 0 Å². The van der Waals surface area contributed by atoms with Crippen molar-refractivity contribution in [2.75, 3.05) is 11.5 Å². The summed E-state index contributed by atoms with van der Waals surface area (Å²) >= 11 is 4.07. The fourth-order valence-corrected chi connectivity index (χ4v) is 4.85. The number of rotatable bonds is 4. The molecule has 1 aromatic rings. The van der Waals surface area contributed by atoms with E-state index < -0.39 is 23.4 Å². The number of β-lactam (4-membered cyclic amide) rings is 1. The van der Waals surface area contributed by atoms with Crippen molar-refractivity contribution in [3.8, 4) is 0 Å². The molecule has 0 unspecified atom stereocenters. The maximum Gasteiger partial charge on any atom is 0.352 e. The van der Waals surface area contributed by atoms with Gasteiger partial charge in [-0.05, 0) is 17.1 Å². The number of carbonyl (C=O) groups excluding carboxylic acids is 1. The SMILES string of the molecule is O=C(O)C1=C(CSc2cnns2)CS[C@@H]2[C@H](O)C(=O)N12. The van der Waals surface area contributed by atoms with E-state index in [1.165, 1.54) is 40.0 Å². The second-order valence-corrected chi connectivity index (χ2v) is 7.30. The molecule has 106 valence electrons. The van der Waals surface area contributed by atoms with Crippen LogP contribution in [0.3, 0.4) is 0 Å². The van der Waals surface area contributed by atoms with Gasteiger partial charge in [-0.15, -0.1) is 28.6 Å². The van der Waals surface area contributed by atoms with E-state index in [2.05, 4.69) is 9.59 Å². The molecule has 3 rings (SSSR count). The van der Waals surface area contributed by atoms with Crippen molar-refractivity contribution in [1.29, 1.82) is 0 Å². The van der Waals surface area contributed by atoms with Crippen LogP contribution in [0, 0.1) is 0 Å². The fourth-order valence-electron chi connectivity index (χ4n) is 2.02. The minimum Gasteiger partial charge on any atom is -0.477 e. The number of carboxylic acids is 1. The van der Waals surface area contributed by atoms with Gasteiger partial charge in [0, 0.05) is 11.5 Å². The number of amides is 1. The fraction of sp³-hybridized carbons (Fsp3) is 0.400. The smallest absolute Gasteiger partial charge is 0.352 e. The molecule has 20 heavy (non-hydrogen) atoms. The van der Waals surface area contributed by atoms with Crippen molar-refractivity contribution in [3.63, 3.8) is 0 Å². The monoisotopic (exact) mass is 331 g/mol. The average Bonchev–Trinajstić information content (AvgIpc) is 2.96. The van der Waals surface area contributed by atoms with E-state index in [9.17, 15) is 19.8 Å². The molecule has 2 N–H and O–H groups in total. The third kappa shape index (κ3) is 2.22. The summed E-state index contributed by atoms with van der Waals surface area (Å²) in [5.41, 5.74) is 0.687. The molecule has 2 aliphatic rings. The number of thioether (sulfide) groups is 2. The molecule has 2 atom stereocenters. The van der Waals surface area contributed by atoms with E-state index in [-0.39, 0.29) is 5.70 Å². The lowest BCUT2D eigenvalue weighted by Gasteiger charge is -2.47. The Labute approximate surface area is 126 Å². The molecule has 1 saturated heterocycles. The van der Waals surface area contributed by atoms with Gasteiger partial charge < -0.3 is 10.2 Å². The van der Waals surface area contributed by atoms with Crippen molar-refractivity contribution < 1.29 is 19.8 Å². The van der Waals surface area contributed by atoms with E-state index in [4.69, 9.17) is 0 Å². The molecule has 10 heteroatoms. The molecule has 1 fully saturated rings. The lowest BCUT2D eigenvalue weighted by atomic mass is 10.1. The van der Waals surface area contributed by atoms with Gasteiger partial charge in [-0.3, -0.25) is 9.69 Å². The highest BCUT2D eigenvalue weighted by atomic mass is 32.2. The Morgan fingerprint density at radius 1 is 1.60 bits per heavy atom. The number of carboxylic acid groups (broad SMARTS) is 1. The Bertz CT molecular complexity index is 589. The van der Waals surface area contributed by atoms with E-state index in [0.29, 0.717) is 17.1 Å². The maximum absolute atomic E-state index is 11.6. The van der Waals surface area contributed by atoms with Gasteiger partial charge in [0.2, 0.25) is 0 Å². The summed E-state index contributed by atoms with van der Waals surface area (Å²) in [5, 5.41) is 22.1. The zero-order chi connectivity index (χ0) is 14.3. The zero-order valence-electron chi connectivity index (χ0n) is 9.92. The molecule has 0 aromatic carbocycles. The number of fused-ring (bicyclic) bond motifs is 1. The van der Waals surface area contributed by atoms with Crippen LogP contribution in [-0.4, -0.2) is 59.6 Å². The lowest BCUT2D eigenvalue weighted by molar-refractivity contribution is -0.159. The van der Waals surface area contributed by atoms with Crippen LogP contribution in [-0.2, 0) is 9.59 Å². The van der Waals surface area contributed by atoms with Crippen LogP contribution in [0.15, 0.2) is 21.7 Å². The number of hydrogen-bond acceptors (Lipinski definition) is 8. The van der Waals surface area contributed by atoms with Gasteiger partial charge in [0.1, 0.15) is 15.3 Å². The molecule has 0 bridgehead atoms. The second kappa shape index (κ2) is 5.35. The van der Waals surface area contributed by atoms with E-state index in [0.717, 1.165) is 4.21 Å². The number of aliphatic carboxylic acids is 1. The molecular weight excluding hydrogens is 322 g/mol. The number of carbonyl (C=O) groups is 2. The number of aliphatic hydroxyl groups is 1. The Kier molecular flexibility index (Phi) is 3.71. The van der Waals surface area contributed by atoms with Crippen molar-refractivity contribution >= 4 is 46.9 Å². The number of nitrogens with zero attached hydrogens (tertiary/aromatic N) is 3. The van der Waals surface area contributed by atoms with Crippen LogP contribution in [0.5, 0.6) is 0 Å². The summed E-state index contributed by atoms with van der Waals surface area (Å²) in [7, 11) is 0. The standard InChI is InChI=1S/C10H9N3O4S3/c14-7-8(15)13-6(10(16)17)4(3-19-9(7)13)2-18-5-1-11-12-20-5/h1,7,9,14H,2-3H2,(H,16,17)/t7-,9-/m1/s1. The van der Waals surface area contributed by atoms with Crippen molar-refractivity contribution in [3.05, 3.63) is 17.5 Å². The largest absolute Gasteiger partial charge is 0.477 e. The highest BCUT2D eigenvalue weighted by Gasteiger charge is 2.52. The molecular formula is C10H9N3O4S3. The van der Waals surface area contributed by atoms with Crippen LogP contribution in [0.25, 0.3) is 0 Å². The Hall–Kier alpha value is -1.10. The van der Waals surface area contributed by atoms with E-state index >= 15 is 0 Å². The van der Waals surface area contributed by atoms with Crippen LogP contribution in [0.4, 0.5) is 0 Å². The first-order valence-electron chi connectivity index (χ1n) is 5.58. The summed E-state index contributed by atoms with van der Waals surface area (Å²) < 4.78 is 4.63. The van der Waals surface area contributed by atoms with Crippen molar-refractivity contribution in [2.45, 2.75) is 15.7 Å². The topological polar surface area (TPSA) is 104 Å². The van der Waals surface area contributed by atoms with Gasteiger partial charge in [-0.2, -0.15) is 0 Å². The minimum atomic E-state index is -1.13. The van der Waals surface area contributed by atoms with Crippen LogP contribution in [0.2, 0.25) is 0 Å². The van der Waals surface area contributed by atoms with Gasteiger partial charge >= 0.3 is 5.97 Å². The van der Waals surface area contributed by atoms with E-state index in [1.807, 2.05) is 0 Å². The third-order valence-electron chi connectivity index (χ3n) is 2.95. The highest BCUT2D eigenvalue weighted by molar-refractivity contribution is 8.01. The number of hydrogen-bond donors (Lipinski definition) is 2. The quantitative estimate of drug-likeness (QED) is 0.597. The first kappa shape index (κ1) is 13.9. The van der Waals surface area contributed by atoms with E-state index in [1.54, 1.807) is 6.20 Å². The minimum absolute atomic E-state index is 0.00836. The second-order valence-electron chi connectivity index (χ2n) is 4.14. The summed E-state index contributed by atoms with van der Waals surface area (Å²) in [4.78, 5) is 24.2. The van der Waals surface area contributed by atoms with Crippen LogP contribution >= 0.6 is 35.1 Å². The first-order valence-corrected chi connectivity index (χ1v) is 8.38. The Morgan fingerprint density at radius 2 is 2.40 bits per heavy atom. The molecule has 0 saturated carbocycles. The molecule has 0 spiro atoms. The summed E-state index contributed by atoms with van der Waals surface area (Å²) in [6.07, 6.45) is 0.530. The Balaban J connectivity index is 1.82. The molecule has 1 aromatic heterocycles. The summed E-state index contributed by atoms with van der Waals surface area (Å²) in [5.74, 6) is -0.715. The van der Waals surface area contributed by atoms with Gasteiger partial charge in [-0.25, -0.2) is 4.79 Å². The first-order chi connectivity index (χ1) is 9.59. The van der Waals surface area contributed by atoms with Crippen molar-refractivity contribution in [1.82, 2.24) is 14.5 Å². The molecule has 0 radical (unpaired) electrons. The van der Waals surface area contributed by atoms with Crippen molar-refractivity contribution in [2.24, 2.45) is 0 Å². The van der Waals surface area contributed by atoms with Gasteiger partial charge in [0.05, 0.1) is 6.20 Å². The predicted molar refractivity (Wildman–Crippen MR) is 74.4 cm³/mol. The van der Waals surface area contributed by atoms with Gasteiger partial charge in [-0.1, -0.05) is 4.49 Å². The predicted octanol–water partition coefficient (Wildman–Crippen LogP) is 0.245. The number of aromatic nitrogens is 2. The number of aliphatic hydroxyl groups excluding tert-OH is 1. The highest BCUT2D eigenvalue weighted by Crippen LogP contribution is 2.41. The Morgan fingerprint density at radius 3 is 3.05 bits per heavy atom. The third-order valence-corrected chi connectivity index (χ3v) is 6.20. The summed E-state index contributed by atoms with van der Waals surface area (Å²) in [6, 6.07) is 0. The molecule has 0 aliphatic carbocycles. The van der Waals surface area contributed by atoms with Crippen LogP contribution < -0.4 is 0 Å². The normalized spacial score (nSPS) is 25.4. The lowest BCUT2D eigenvalue weighted by Crippen LogP contribution is -2.64. The maximum atomic E-state index is 11.6. The summed E-state index contributed by atoms with van der Waals surface area (Å²) in [6.45, 7) is 0. The van der Waals surface area contributed by atoms with Gasteiger partial charge in [0.25, 0.3) is 5.91 Å². The molecule has 3 heterocycles. The van der Waals surface area contributed by atoms with Gasteiger partial charge in [0.15, 0.2) is 6.10 Å².